The number of fused-ring (bicyclic) bond motifs is 1. The van der Waals surface area contributed by atoms with Crippen molar-refractivity contribution in [3.05, 3.63) is 24.3 Å². The normalized spacial score (nSPS) is 25.8. The molecule has 1 aromatic carbocycles. The Balaban J connectivity index is 1.88. The maximum atomic E-state index is 12.8. The zero-order valence-electron chi connectivity index (χ0n) is 14.8. The summed E-state index contributed by atoms with van der Waals surface area (Å²) in [6.45, 7) is 5.65. The van der Waals surface area contributed by atoms with Gasteiger partial charge in [0.05, 0.1) is 30.7 Å². The smallest absolute Gasteiger partial charge is 0.241 e. The molecule has 0 bridgehead atoms. The number of amides is 1. The molecule has 0 saturated carbocycles. The minimum atomic E-state index is -3.13. The van der Waals surface area contributed by atoms with E-state index >= 15 is 0 Å². The molecule has 6 nitrogen and oxygen atoms in total. The SMILES string of the molecule is CCCCN1CC(=O)N(c2ccc(OCC)cc2)[C@@H]2CS(=O)(=O)C[C@@H]21. The van der Waals surface area contributed by atoms with E-state index < -0.39 is 9.84 Å². The molecule has 25 heavy (non-hydrogen) atoms. The molecule has 0 unspecified atom stereocenters. The first kappa shape index (κ1) is 18.2. The third-order valence-corrected chi connectivity index (χ3v) is 6.62. The highest BCUT2D eigenvalue weighted by atomic mass is 32.2. The molecule has 0 N–H and O–H groups in total. The van der Waals surface area contributed by atoms with Gasteiger partial charge in [-0.15, -0.1) is 0 Å². The van der Waals surface area contributed by atoms with Gasteiger partial charge in [-0.1, -0.05) is 13.3 Å². The number of sulfone groups is 1. The molecule has 0 radical (unpaired) electrons. The van der Waals surface area contributed by atoms with Crippen molar-refractivity contribution in [2.45, 2.75) is 38.8 Å². The highest BCUT2D eigenvalue weighted by molar-refractivity contribution is 7.91. The van der Waals surface area contributed by atoms with Crippen molar-refractivity contribution >= 4 is 21.4 Å². The van der Waals surface area contributed by atoms with E-state index in [1.165, 1.54) is 0 Å². The van der Waals surface area contributed by atoms with Crippen LogP contribution in [0, 0.1) is 0 Å². The Morgan fingerprint density at radius 2 is 1.80 bits per heavy atom. The maximum Gasteiger partial charge on any atom is 0.241 e. The number of ether oxygens (including phenoxy) is 1. The molecule has 0 aliphatic carbocycles. The Labute approximate surface area is 149 Å². The largest absolute Gasteiger partial charge is 0.494 e. The molecule has 2 atom stereocenters. The lowest BCUT2D eigenvalue weighted by Crippen LogP contribution is -2.62. The molecule has 138 valence electrons. The molecule has 0 aromatic heterocycles. The molecule has 3 rings (SSSR count). The van der Waals surface area contributed by atoms with Gasteiger partial charge >= 0.3 is 0 Å². The molecule has 1 amide bonds. The number of piperazine rings is 1. The Kier molecular flexibility index (Phi) is 5.34. The maximum absolute atomic E-state index is 12.8. The second-order valence-electron chi connectivity index (χ2n) is 6.73. The molecule has 0 spiro atoms. The Morgan fingerprint density at radius 1 is 1.12 bits per heavy atom. The second-order valence-corrected chi connectivity index (χ2v) is 8.88. The van der Waals surface area contributed by atoms with Crippen LogP contribution in [-0.4, -0.2) is 62.5 Å². The quantitative estimate of drug-likeness (QED) is 0.767. The van der Waals surface area contributed by atoms with Gasteiger partial charge in [0.25, 0.3) is 0 Å². The van der Waals surface area contributed by atoms with Gasteiger partial charge in [-0.2, -0.15) is 0 Å². The van der Waals surface area contributed by atoms with Crippen LogP contribution in [0.5, 0.6) is 5.75 Å². The summed E-state index contributed by atoms with van der Waals surface area (Å²) in [5.41, 5.74) is 0.746. The van der Waals surface area contributed by atoms with Crippen molar-refractivity contribution in [2.24, 2.45) is 0 Å². The van der Waals surface area contributed by atoms with E-state index in [4.69, 9.17) is 4.74 Å². The highest BCUT2D eigenvalue weighted by Crippen LogP contribution is 2.32. The number of unbranched alkanes of at least 4 members (excludes halogenated alkanes) is 1. The minimum absolute atomic E-state index is 0.0291. The third kappa shape index (κ3) is 3.82. The van der Waals surface area contributed by atoms with Gasteiger partial charge in [0.2, 0.25) is 5.91 Å². The lowest BCUT2D eigenvalue weighted by atomic mass is 10.0. The standard InChI is InChI=1S/C18H26N2O4S/c1-3-5-10-19-11-18(21)20(17-13-25(22,23)12-16(17)19)14-6-8-15(9-7-14)24-4-2/h6-9,16-17H,3-5,10-13H2,1-2H3/t16-,17+/m0/s1. The van der Waals surface area contributed by atoms with Crippen LogP contribution in [0.25, 0.3) is 0 Å². The lowest BCUT2D eigenvalue weighted by molar-refractivity contribution is -0.123. The molecule has 2 fully saturated rings. The monoisotopic (exact) mass is 366 g/mol. The van der Waals surface area contributed by atoms with Crippen LogP contribution >= 0.6 is 0 Å². The first-order valence-electron chi connectivity index (χ1n) is 8.94. The zero-order valence-corrected chi connectivity index (χ0v) is 15.7. The van der Waals surface area contributed by atoms with Crippen molar-refractivity contribution < 1.29 is 17.9 Å². The molecule has 1 aromatic rings. The Bertz CT molecular complexity index is 717. The molecule has 2 heterocycles. The van der Waals surface area contributed by atoms with Gasteiger partial charge in [0, 0.05) is 11.7 Å². The van der Waals surface area contributed by atoms with Crippen LogP contribution < -0.4 is 9.64 Å². The van der Waals surface area contributed by atoms with E-state index in [2.05, 4.69) is 11.8 Å². The summed E-state index contributed by atoms with van der Waals surface area (Å²) in [7, 11) is -3.13. The van der Waals surface area contributed by atoms with Crippen LogP contribution in [0.2, 0.25) is 0 Å². The third-order valence-electron chi connectivity index (χ3n) is 4.93. The molecule has 7 heteroatoms. The van der Waals surface area contributed by atoms with Crippen LogP contribution in [0.3, 0.4) is 0 Å². The van der Waals surface area contributed by atoms with Gasteiger partial charge in [-0.3, -0.25) is 9.69 Å². The summed E-state index contributed by atoms with van der Waals surface area (Å²) in [6.07, 6.45) is 2.00. The number of hydrogen-bond donors (Lipinski definition) is 0. The molecule has 2 saturated heterocycles. The van der Waals surface area contributed by atoms with Crippen molar-refractivity contribution in [3.63, 3.8) is 0 Å². The van der Waals surface area contributed by atoms with Crippen molar-refractivity contribution in [2.75, 3.05) is 36.1 Å². The van der Waals surface area contributed by atoms with E-state index in [9.17, 15) is 13.2 Å². The van der Waals surface area contributed by atoms with Crippen LogP contribution in [0.4, 0.5) is 5.69 Å². The van der Waals surface area contributed by atoms with Gasteiger partial charge in [-0.05, 0) is 44.2 Å². The average Bonchev–Trinajstić information content (AvgIpc) is 2.89. The highest BCUT2D eigenvalue weighted by Gasteiger charge is 2.49. The number of carbonyl (C=O) groups excluding carboxylic acids is 1. The van der Waals surface area contributed by atoms with E-state index in [1.807, 2.05) is 31.2 Å². The predicted octanol–water partition coefficient (Wildman–Crippen LogP) is 1.70. The van der Waals surface area contributed by atoms with Crippen LogP contribution in [-0.2, 0) is 14.6 Å². The van der Waals surface area contributed by atoms with Crippen LogP contribution in [0.15, 0.2) is 24.3 Å². The fraction of sp³-hybridized carbons (Fsp3) is 0.611. The van der Waals surface area contributed by atoms with Gasteiger partial charge in [-0.25, -0.2) is 8.42 Å². The molecule has 2 aliphatic rings. The van der Waals surface area contributed by atoms with Gasteiger partial charge in [0.15, 0.2) is 9.84 Å². The first-order valence-corrected chi connectivity index (χ1v) is 10.8. The van der Waals surface area contributed by atoms with E-state index in [0.717, 1.165) is 30.8 Å². The predicted molar refractivity (Wildman–Crippen MR) is 97.8 cm³/mol. The molecular formula is C18H26N2O4S. The zero-order chi connectivity index (χ0) is 18.0. The Morgan fingerprint density at radius 3 is 2.44 bits per heavy atom. The summed E-state index contributed by atoms with van der Waals surface area (Å²) in [4.78, 5) is 16.5. The van der Waals surface area contributed by atoms with E-state index in [0.29, 0.717) is 6.61 Å². The average molecular weight is 366 g/mol. The fourth-order valence-electron chi connectivity index (χ4n) is 3.77. The summed E-state index contributed by atoms with van der Waals surface area (Å²) in [5, 5.41) is 0. The second kappa shape index (κ2) is 7.33. The number of hydrogen-bond acceptors (Lipinski definition) is 5. The number of anilines is 1. The number of nitrogens with zero attached hydrogens (tertiary/aromatic N) is 2. The molecule has 2 aliphatic heterocycles. The summed E-state index contributed by atoms with van der Waals surface area (Å²) >= 11 is 0. The number of benzene rings is 1. The van der Waals surface area contributed by atoms with E-state index in [1.54, 1.807) is 4.90 Å². The summed E-state index contributed by atoms with van der Waals surface area (Å²) in [5.74, 6) is 0.899. The topological polar surface area (TPSA) is 66.9 Å². The van der Waals surface area contributed by atoms with Gasteiger partial charge in [0.1, 0.15) is 5.75 Å². The van der Waals surface area contributed by atoms with E-state index in [-0.39, 0.29) is 36.0 Å². The number of rotatable bonds is 6. The Hall–Kier alpha value is -1.60. The summed E-state index contributed by atoms with van der Waals surface area (Å²) in [6, 6.07) is 6.92. The lowest BCUT2D eigenvalue weighted by Gasteiger charge is -2.43. The number of carbonyl (C=O) groups is 1. The van der Waals surface area contributed by atoms with Crippen LogP contribution in [0.1, 0.15) is 26.7 Å². The fourth-order valence-corrected chi connectivity index (χ4v) is 5.75. The van der Waals surface area contributed by atoms with Crippen molar-refractivity contribution in [1.29, 1.82) is 0 Å². The minimum Gasteiger partial charge on any atom is -0.494 e. The molecular weight excluding hydrogens is 340 g/mol. The summed E-state index contributed by atoms with van der Waals surface area (Å²) < 4.78 is 30.0. The first-order chi connectivity index (χ1) is 11.9. The van der Waals surface area contributed by atoms with Crippen molar-refractivity contribution in [1.82, 2.24) is 4.90 Å². The van der Waals surface area contributed by atoms with Crippen molar-refractivity contribution in [3.8, 4) is 5.75 Å². The van der Waals surface area contributed by atoms with Gasteiger partial charge < -0.3 is 9.64 Å².